The van der Waals surface area contributed by atoms with E-state index in [1.807, 2.05) is 11.9 Å². The number of rotatable bonds is 4. The van der Waals surface area contributed by atoms with Crippen LogP contribution >= 0.6 is 0 Å². The van der Waals surface area contributed by atoms with E-state index in [-0.39, 0.29) is 0 Å². The lowest BCUT2D eigenvalue weighted by molar-refractivity contribution is -0.127. The van der Waals surface area contributed by atoms with Crippen molar-refractivity contribution in [2.75, 3.05) is 7.05 Å². The van der Waals surface area contributed by atoms with Gasteiger partial charge >= 0.3 is 0 Å². The van der Waals surface area contributed by atoms with Crippen LogP contribution in [-0.2, 0) is 11.2 Å². The molecule has 1 atom stereocenters. The third-order valence-corrected chi connectivity index (χ3v) is 4.15. The molecule has 1 amide bonds. The highest BCUT2D eigenvalue weighted by molar-refractivity contribution is 5.78. The number of carbonyl (C=O) groups excluding carboxylic acids is 1. The van der Waals surface area contributed by atoms with E-state index in [0.29, 0.717) is 11.9 Å². The molecule has 1 aromatic carbocycles. The van der Waals surface area contributed by atoms with Crippen LogP contribution in [0.15, 0.2) is 24.3 Å². The molecule has 2 aliphatic rings. The summed E-state index contributed by atoms with van der Waals surface area (Å²) in [6.45, 7) is 2.21. The van der Waals surface area contributed by atoms with E-state index < -0.39 is 0 Å². The summed E-state index contributed by atoms with van der Waals surface area (Å²) in [7, 11) is 1.94. The first-order chi connectivity index (χ1) is 9.22. The van der Waals surface area contributed by atoms with Gasteiger partial charge in [-0.3, -0.25) is 4.79 Å². The van der Waals surface area contributed by atoms with Gasteiger partial charge in [0.1, 0.15) is 0 Å². The molecule has 1 saturated heterocycles. The molecule has 0 N–H and O–H groups in total. The minimum atomic E-state index is 0.330. The van der Waals surface area contributed by atoms with Crippen molar-refractivity contribution < 1.29 is 4.79 Å². The van der Waals surface area contributed by atoms with Crippen molar-refractivity contribution in [1.29, 1.82) is 0 Å². The van der Waals surface area contributed by atoms with Crippen molar-refractivity contribution in [3.05, 3.63) is 35.4 Å². The highest BCUT2D eigenvalue weighted by Gasteiger charge is 2.26. The van der Waals surface area contributed by atoms with Crippen molar-refractivity contribution >= 4 is 5.91 Å². The van der Waals surface area contributed by atoms with Crippen LogP contribution in [0.4, 0.5) is 0 Å². The Labute approximate surface area is 116 Å². The molecule has 104 valence electrons. The first kappa shape index (κ1) is 14.1. The summed E-state index contributed by atoms with van der Waals surface area (Å²) in [4.78, 5) is 13.1. The summed E-state index contributed by atoms with van der Waals surface area (Å²) in [6.07, 6.45) is 8.15. The highest BCUT2D eigenvalue weighted by atomic mass is 16.2. The van der Waals surface area contributed by atoms with E-state index in [2.05, 4.69) is 31.2 Å². The van der Waals surface area contributed by atoms with Gasteiger partial charge in [0.25, 0.3) is 0 Å². The second-order valence-electron chi connectivity index (χ2n) is 5.64. The Morgan fingerprint density at radius 2 is 1.89 bits per heavy atom. The van der Waals surface area contributed by atoms with Gasteiger partial charge in [-0.15, -0.1) is 0 Å². The molecule has 0 spiro atoms. The molecule has 1 aromatic rings. The Bertz CT molecular complexity index is 406. The average Bonchev–Trinajstić information content (AvgIpc) is 3.15. The quantitative estimate of drug-likeness (QED) is 0.765. The molecule has 0 aromatic heterocycles. The fraction of sp³-hybridized carbons (Fsp3) is 0.588. The standard InChI is InChI=1S/C10H19NO.C7H6/c1-3-4-5-6-9-7-8-10(12)11(9)2;1-2-4-7-5-6(7)3-1/h9H,3-8H2,1-2H3;1-4H,5H2/t9-;/m1./s1. The van der Waals surface area contributed by atoms with E-state index in [9.17, 15) is 4.79 Å². The van der Waals surface area contributed by atoms with Gasteiger partial charge < -0.3 is 4.90 Å². The first-order valence-electron chi connectivity index (χ1n) is 7.54. The molecule has 1 heterocycles. The highest BCUT2D eigenvalue weighted by Crippen LogP contribution is 2.25. The topological polar surface area (TPSA) is 20.3 Å². The second kappa shape index (κ2) is 6.74. The van der Waals surface area contributed by atoms with E-state index in [4.69, 9.17) is 0 Å². The van der Waals surface area contributed by atoms with Gasteiger partial charge in [-0.2, -0.15) is 0 Å². The number of carbonyl (C=O) groups is 1. The monoisotopic (exact) mass is 259 g/mol. The molecule has 0 unspecified atom stereocenters. The molecule has 2 nitrogen and oxygen atoms in total. The molecule has 0 saturated carbocycles. The summed E-state index contributed by atoms with van der Waals surface area (Å²) in [5, 5.41) is 0. The molecular formula is C17H25NO. The molecule has 3 rings (SSSR count). The maximum absolute atomic E-state index is 11.1. The lowest BCUT2D eigenvalue weighted by Crippen LogP contribution is -2.28. The number of benzene rings is 1. The predicted octanol–water partition coefficient (Wildman–Crippen LogP) is 3.78. The van der Waals surface area contributed by atoms with Crippen molar-refractivity contribution in [3.8, 4) is 0 Å². The summed E-state index contributed by atoms with van der Waals surface area (Å²) in [6, 6.07) is 9.08. The Balaban J connectivity index is 0.000000159. The van der Waals surface area contributed by atoms with Crippen LogP contribution in [0.5, 0.6) is 0 Å². The minimum Gasteiger partial charge on any atom is -0.343 e. The molecule has 2 heteroatoms. The third kappa shape index (κ3) is 4.09. The summed E-state index contributed by atoms with van der Waals surface area (Å²) >= 11 is 0. The zero-order valence-corrected chi connectivity index (χ0v) is 12.2. The largest absolute Gasteiger partial charge is 0.343 e. The van der Waals surface area contributed by atoms with Gasteiger partial charge in [-0.05, 0) is 30.4 Å². The van der Waals surface area contributed by atoms with Crippen molar-refractivity contribution in [2.24, 2.45) is 0 Å². The molecule has 1 aliphatic heterocycles. The van der Waals surface area contributed by atoms with Gasteiger partial charge in [-0.25, -0.2) is 0 Å². The van der Waals surface area contributed by atoms with Gasteiger partial charge in [0.2, 0.25) is 5.91 Å². The molecule has 0 bridgehead atoms. The lowest BCUT2D eigenvalue weighted by Gasteiger charge is -2.19. The van der Waals surface area contributed by atoms with Crippen molar-refractivity contribution in [3.63, 3.8) is 0 Å². The molecule has 1 fully saturated rings. The van der Waals surface area contributed by atoms with Crippen LogP contribution in [0.3, 0.4) is 0 Å². The van der Waals surface area contributed by atoms with Gasteiger partial charge in [0.15, 0.2) is 0 Å². The van der Waals surface area contributed by atoms with Crippen LogP contribution in [0.2, 0.25) is 0 Å². The maximum Gasteiger partial charge on any atom is 0.222 e. The Kier molecular flexibility index (Phi) is 5.00. The SMILES string of the molecule is CCCCC[C@@H]1CCC(=O)N1C.c1ccc2c(c1)C2. The fourth-order valence-electron chi connectivity index (χ4n) is 2.67. The minimum absolute atomic E-state index is 0.330. The fourth-order valence-corrected chi connectivity index (χ4v) is 2.67. The van der Waals surface area contributed by atoms with Crippen LogP contribution < -0.4 is 0 Å². The lowest BCUT2D eigenvalue weighted by atomic mass is 10.1. The van der Waals surface area contributed by atoms with Crippen molar-refractivity contribution in [1.82, 2.24) is 4.90 Å². The van der Waals surface area contributed by atoms with E-state index in [0.717, 1.165) is 12.8 Å². The van der Waals surface area contributed by atoms with E-state index in [1.165, 1.54) is 43.2 Å². The number of nitrogens with zero attached hydrogens (tertiary/aromatic N) is 1. The van der Waals surface area contributed by atoms with Crippen molar-refractivity contribution in [2.45, 2.75) is 57.9 Å². The number of likely N-dealkylation sites (tertiary alicyclic amines) is 1. The number of amides is 1. The third-order valence-electron chi connectivity index (χ3n) is 4.15. The summed E-state index contributed by atoms with van der Waals surface area (Å²) in [5.74, 6) is 0.330. The Morgan fingerprint density at radius 1 is 1.21 bits per heavy atom. The first-order valence-corrected chi connectivity index (χ1v) is 7.54. The normalized spacial score (nSPS) is 19.8. The number of unbranched alkanes of at least 4 members (excludes halogenated alkanes) is 2. The van der Waals surface area contributed by atoms with Gasteiger partial charge in [0, 0.05) is 19.5 Å². The van der Waals surface area contributed by atoms with Crippen LogP contribution in [0.25, 0.3) is 0 Å². The molecular weight excluding hydrogens is 234 g/mol. The van der Waals surface area contributed by atoms with E-state index in [1.54, 1.807) is 0 Å². The Hall–Kier alpha value is -1.31. The smallest absolute Gasteiger partial charge is 0.222 e. The number of hydrogen-bond donors (Lipinski definition) is 0. The van der Waals surface area contributed by atoms with Crippen LogP contribution in [-0.4, -0.2) is 23.9 Å². The zero-order valence-electron chi connectivity index (χ0n) is 12.2. The second-order valence-corrected chi connectivity index (χ2v) is 5.64. The van der Waals surface area contributed by atoms with Crippen LogP contribution in [0.1, 0.15) is 56.6 Å². The molecule has 19 heavy (non-hydrogen) atoms. The summed E-state index contributed by atoms with van der Waals surface area (Å²) in [5.41, 5.74) is 3.06. The van der Waals surface area contributed by atoms with E-state index >= 15 is 0 Å². The zero-order chi connectivity index (χ0) is 13.7. The molecule has 1 aliphatic carbocycles. The van der Waals surface area contributed by atoms with Gasteiger partial charge in [-0.1, -0.05) is 50.5 Å². The Morgan fingerprint density at radius 3 is 2.37 bits per heavy atom. The summed E-state index contributed by atoms with van der Waals surface area (Å²) < 4.78 is 0. The molecule has 0 radical (unpaired) electrons. The van der Waals surface area contributed by atoms with Crippen LogP contribution in [0, 0.1) is 0 Å². The average molecular weight is 259 g/mol. The number of fused-ring (bicyclic) bond motifs is 1. The number of hydrogen-bond acceptors (Lipinski definition) is 1. The predicted molar refractivity (Wildman–Crippen MR) is 79.2 cm³/mol. The maximum atomic E-state index is 11.1. The van der Waals surface area contributed by atoms with Gasteiger partial charge in [0.05, 0.1) is 0 Å².